The maximum atomic E-state index is 12.1. The normalized spacial score (nSPS) is 19.6. The number of carbonyl (C=O) groups is 1. The van der Waals surface area contributed by atoms with Gasteiger partial charge in [-0.05, 0) is 60.2 Å². The number of amides is 1. The van der Waals surface area contributed by atoms with Gasteiger partial charge in [0.25, 0.3) is 5.91 Å². The summed E-state index contributed by atoms with van der Waals surface area (Å²) in [5, 5.41) is 4.37. The molecule has 4 rings (SSSR count). The number of allylic oxidation sites excluding steroid dienone is 1. The molecule has 0 fully saturated rings. The van der Waals surface area contributed by atoms with Crippen LogP contribution in [-0.4, -0.2) is 23.9 Å². The second kappa shape index (κ2) is 6.57. The minimum absolute atomic E-state index is 0.118. The summed E-state index contributed by atoms with van der Waals surface area (Å²) in [6, 6.07) is 14.6. The van der Waals surface area contributed by atoms with E-state index in [9.17, 15) is 4.79 Å². The third-order valence-corrected chi connectivity index (χ3v) is 5.34. The molecular formula is C21H21ClN2O. The lowest BCUT2D eigenvalue weighted by atomic mass is 9.90. The molecule has 1 N–H and O–H groups in total. The van der Waals surface area contributed by atoms with Gasteiger partial charge < -0.3 is 10.2 Å². The van der Waals surface area contributed by atoms with Crippen LogP contribution in [0.5, 0.6) is 0 Å². The number of rotatable bonds is 3. The van der Waals surface area contributed by atoms with Crippen LogP contribution in [-0.2, 0) is 6.54 Å². The standard InChI is InChI=1S/C21H21ClN2O/c1-24-13-16-6-11-19(12-20(16)21(24)25)23-18-9-4-15(5-10-18)14-2-7-17(22)8-3-14/h2-4,6-8,11-12,18,23H,5,9-10,13H2,1H3. The number of benzene rings is 2. The molecule has 0 aromatic heterocycles. The van der Waals surface area contributed by atoms with E-state index < -0.39 is 0 Å². The van der Waals surface area contributed by atoms with E-state index in [1.165, 1.54) is 11.1 Å². The van der Waals surface area contributed by atoms with Crippen molar-refractivity contribution >= 4 is 28.8 Å². The summed E-state index contributed by atoms with van der Waals surface area (Å²) in [4.78, 5) is 13.9. The molecule has 3 nitrogen and oxygen atoms in total. The van der Waals surface area contributed by atoms with Crippen LogP contribution in [0.2, 0.25) is 5.02 Å². The van der Waals surface area contributed by atoms with E-state index in [-0.39, 0.29) is 5.91 Å². The second-order valence-corrected chi connectivity index (χ2v) is 7.32. The highest BCUT2D eigenvalue weighted by Gasteiger charge is 2.24. The number of nitrogens with zero attached hydrogens (tertiary/aromatic N) is 1. The molecule has 0 saturated heterocycles. The molecule has 4 heteroatoms. The first-order valence-electron chi connectivity index (χ1n) is 8.70. The van der Waals surface area contributed by atoms with Crippen molar-refractivity contribution in [3.63, 3.8) is 0 Å². The fraction of sp³-hybridized carbons (Fsp3) is 0.286. The largest absolute Gasteiger partial charge is 0.382 e. The second-order valence-electron chi connectivity index (χ2n) is 6.89. The molecule has 0 radical (unpaired) electrons. The zero-order chi connectivity index (χ0) is 17.4. The summed E-state index contributed by atoms with van der Waals surface area (Å²) >= 11 is 5.97. The van der Waals surface area contributed by atoms with Crippen molar-refractivity contribution < 1.29 is 4.79 Å². The van der Waals surface area contributed by atoms with Crippen LogP contribution in [0.15, 0.2) is 48.5 Å². The van der Waals surface area contributed by atoms with Crippen LogP contribution in [0.1, 0.15) is 40.7 Å². The van der Waals surface area contributed by atoms with Crippen molar-refractivity contribution in [2.45, 2.75) is 31.8 Å². The lowest BCUT2D eigenvalue weighted by Gasteiger charge is -2.24. The molecule has 0 spiro atoms. The summed E-state index contributed by atoms with van der Waals surface area (Å²) in [6.45, 7) is 0.713. The minimum atomic E-state index is 0.118. The molecule has 0 saturated carbocycles. The SMILES string of the molecule is CN1Cc2ccc(NC3CC=C(c4ccc(Cl)cc4)CC3)cc2C1=O. The van der Waals surface area contributed by atoms with E-state index in [1.54, 1.807) is 4.90 Å². The maximum Gasteiger partial charge on any atom is 0.254 e. The molecule has 0 bridgehead atoms. The predicted octanol–water partition coefficient (Wildman–Crippen LogP) is 4.97. The Kier molecular flexibility index (Phi) is 4.26. The Morgan fingerprint density at radius 2 is 1.96 bits per heavy atom. The minimum Gasteiger partial charge on any atom is -0.382 e. The highest BCUT2D eigenvalue weighted by molar-refractivity contribution is 6.30. The van der Waals surface area contributed by atoms with Crippen LogP contribution in [0, 0.1) is 0 Å². The molecule has 1 atom stereocenters. The van der Waals surface area contributed by atoms with E-state index in [2.05, 4.69) is 35.7 Å². The van der Waals surface area contributed by atoms with Gasteiger partial charge in [-0.1, -0.05) is 35.9 Å². The third-order valence-electron chi connectivity index (χ3n) is 5.09. The molecular weight excluding hydrogens is 332 g/mol. The highest BCUT2D eigenvalue weighted by atomic mass is 35.5. The number of carbonyl (C=O) groups excluding carboxylic acids is 1. The van der Waals surface area contributed by atoms with Gasteiger partial charge in [0.2, 0.25) is 0 Å². The number of fused-ring (bicyclic) bond motifs is 1. The van der Waals surface area contributed by atoms with Gasteiger partial charge in [0.1, 0.15) is 0 Å². The Morgan fingerprint density at radius 1 is 1.16 bits per heavy atom. The molecule has 1 amide bonds. The molecule has 128 valence electrons. The third kappa shape index (κ3) is 3.29. The van der Waals surface area contributed by atoms with E-state index in [0.717, 1.165) is 41.1 Å². The van der Waals surface area contributed by atoms with E-state index in [4.69, 9.17) is 11.6 Å². The van der Waals surface area contributed by atoms with Crippen molar-refractivity contribution in [2.75, 3.05) is 12.4 Å². The van der Waals surface area contributed by atoms with Crippen LogP contribution >= 0.6 is 11.6 Å². The van der Waals surface area contributed by atoms with Gasteiger partial charge in [-0.25, -0.2) is 0 Å². The van der Waals surface area contributed by atoms with Crippen LogP contribution in [0.25, 0.3) is 5.57 Å². The number of nitrogens with one attached hydrogen (secondary N) is 1. The van der Waals surface area contributed by atoms with Crippen LogP contribution in [0.4, 0.5) is 5.69 Å². The monoisotopic (exact) mass is 352 g/mol. The first-order valence-corrected chi connectivity index (χ1v) is 9.08. The summed E-state index contributed by atoms with van der Waals surface area (Å²) in [7, 11) is 1.85. The number of hydrogen-bond acceptors (Lipinski definition) is 2. The van der Waals surface area contributed by atoms with Crippen LogP contribution < -0.4 is 5.32 Å². The predicted molar refractivity (Wildman–Crippen MR) is 103 cm³/mol. The first-order chi connectivity index (χ1) is 12.1. The lowest BCUT2D eigenvalue weighted by molar-refractivity contribution is 0.0816. The highest BCUT2D eigenvalue weighted by Crippen LogP contribution is 2.30. The van der Waals surface area contributed by atoms with Crippen molar-refractivity contribution in [1.82, 2.24) is 4.90 Å². The zero-order valence-electron chi connectivity index (χ0n) is 14.3. The molecule has 2 aromatic carbocycles. The maximum absolute atomic E-state index is 12.1. The molecule has 25 heavy (non-hydrogen) atoms. The van der Waals surface area contributed by atoms with Gasteiger partial charge in [0, 0.05) is 35.9 Å². The number of anilines is 1. The van der Waals surface area contributed by atoms with Crippen molar-refractivity contribution in [3.8, 4) is 0 Å². The molecule has 2 aromatic rings. The van der Waals surface area contributed by atoms with Gasteiger partial charge in [-0.2, -0.15) is 0 Å². The Morgan fingerprint density at radius 3 is 2.68 bits per heavy atom. The quantitative estimate of drug-likeness (QED) is 0.845. The van der Waals surface area contributed by atoms with E-state index in [0.29, 0.717) is 12.6 Å². The summed E-state index contributed by atoms with van der Waals surface area (Å²) < 4.78 is 0. The smallest absolute Gasteiger partial charge is 0.254 e. The van der Waals surface area contributed by atoms with Gasteiger partial charge >= 0.3 is 0 Å². The van der Waals surface area contributed by atoms with Crippen molar-refractivity contribution in [1.29, 1.82) is 0 Å². The zero-order valence-corrected chi connectivity index (χ0v) is 15.0. The average molecular weight is 353 g/mol. The fourth-order valence-corrected chi connectivity index (χ4v) is 3.79. The Bertz CT molecular complexity index is 841. The molecule has 2 aliphatic rings. The summed E-state index contributed by atoms with van der Waals surface area (Å²) in [5.41, 5.74) is 5.64. The Labute approximate surface area is 153 Å². The topological polar surface area (TPSA) is 32.3 Å². The Balaban J connectivity index is 1.44. The summed E-state index contributed by atoms with van der Waals surface area (Å²) in [5.74, 6) is 0.118. The van der Waals surface area contributed by atoms with Gasteiger partial charge in [-0.15, -0.1) is 0 Å². The van der Waals surface area contributed by atoms with E-state index >= 15 is 0 Å². The van der Waals surface area contributed by atoms with Crippen LogP contribution in [0.3, 0.4) is 0 Å². The van der Waals surface area contributed by atoms with E-state index in [1.807, 2.05) is 25.2 Å². The summed E-state index contributed by atoms with van der Waals surface area (Å²) in [6.07, 6.45) is 5.44. The lowest BCUT2D eigenvalue weighted by Crippen LogP contribution is -2.21. The van der Waals surface area contributed by atoms with Gasteiger partial charge in [0.05, 0.1) is 0 Å². The van der Waals surface area contributed by atoms with Gasteiger partial charge in [-0.3, -0.25) is 4.79 Å². The Hall–Kier alpha value is -2.26. The van der Waals surface area contributed by atoms with Crippen molar-refractivity contribution in [2.24, 2.45) is 0 Å². The van der Waals surface area contributed by atoms with Gasteiger partial charge in [0.15, 0.2) is 0 Å². The molecule has 1 aliphatic carbocycles. The average Bonchev–Trinajstić information content (AvgIpc) is 2.91. The van der Waals surface area contributed by atoms with Crippen molar-refractivity contribution in [3.05, 3.63) is 70.3 Å². The molecule has 1 unspecified atom stereocenters. The molecule has 1 heterocycles. The molecule has 1 aliphatic heterocycles. The number of hydrogen-bond donors (Lipinski definition) is 1. The number of halogens is 1. The first kappa shape index (κ1) is 16.2. The fourth-order valence-electron chi connectivity index (χ4n) is 3.66.